The third-order valence-corrected chi connectivity index (χ3v) is 12.3. The summed E-state index contributed by atoms with van der Waals surface area (Å²) < 4.78 is 4.85. The average molecular weight is 813 g/mol. The van der Waals surface area contributed by atoms with Gasteiger partial charge in [-0.05, 0) is 79.5 Å². The van der Waals surface area contributed by atoms with Gasteiger partial charge in [-0.15, -0.1) is 0 Å². The number of aromatic nitrogens is 4. The maximum Gasteiger partial charge on any atom is 0.407 e. The molecule has 3 amide bonds. The van der Waals surface area contributed by atoms with Gasteiger partial charge in [-0.25, -0.2) is 19.8 Å². The summed E-state index contributed by atoms with van der Waals surface area (Å²) in [5, 5.41) is 2.74. The molecule has 3 fully saturated rings. The van der Waals surface area contributed by atoms with E-state index in [0.717, 1.165) is 85.5 Å². The predicted octanol–water partition coefficient (Wildman–Crippen LogP) is 8.01. The standard InChI is InChI=1S/C46H52N8O6/c1-58-46(57)52-41(35-13-7-4-8-14-35)45(56)54-26-10-16-39(54)43-48-28-37(51-43)33-23-19-31(20-24-33)30-17-21-32(22-18-30)36-27-47-42(50-36)38-15-9-25-53(38)44(55)40(49-29-60-59-2)34-11-5-3-6-12-34/h3-8,11-14,17-18,21-22,27-29,31,33,38-41H,9-10,15-16,19-20,23-26H2,1-2H3,(H,47,50)(H,48,51)(H,52,57)/b49-29-/t31?,33?,38-,39-,40+,41+/m0/s1. The highest BCUT2D eigenvalue weighted by Gasteiger charge is 2.38. The number of ether oxygens (including phenoxy) is 1. The molecule has 2 aromatic heterocycles. The number of imidazole rings is 2. The van der Waals surface area contributed by atoms with E-state index in [1.165, 1.54) is 26.2 Å². The van der Waals surface area contributed by atoms with Crippen molar-refractivity contribution < 1.29 is 28.9 Å². The van der Waals surface area contributed by atoms with Crippen LogP contribution in [0.25, 0.3) is 11.3 Å². The number of rotatable bonds is 13. The zero-order chi connectivity index (χ0) is 41.4. The minimum Gasteiger partial charge on any atom is -0.453 e. The molecule has 14 heteroatoms. The second kappa shape index (κ2) is 18.8. The summed E-state index contributed by atoms with van der Waals surface area (Å²) in [5.74, 6) is 2.11. The Labute approximate surface area is 349 Å². The number of H-pyrrole nitrogens is 2. The molecule has 0 bridgehead atoms. The van der Waals surface area contributed by atoms with Crippen LogP contribution in [-0.4, -0.2) is 81.4 Å². The molecule has 14 nitrogen and oxygen atoms in total. The normalized spacial score (nSPS) is 21.5. The zero-order valence-electron chi connectivity index (χ0n) is 34.0. The Hall–Kier alpha value is -6.28. The molecule has 1 aliphatic carbocycles. The summed E-state index contributed by atoms with van der Waals surface area (Å²) in [7, 11) is 2.69. The van der Waals surface area contributed by atoms with Crippen molar-refractivity contribution in [3.8, 4) is 11.3 Å². The summed E-state index contributed by atoms with van der Waals surface area (Å²) in [6.45, 7) is 1.21. The van der Waals surface area contributed by atoms with E-state index in [0.29, 0.717) is 30.5 Å². The summed E-state index contributed by atoms with van der Waals surface area (Å²) >= 11 is 0. The van der Waals surface area contributed by atoms with E-state index in [4.69, 9.17) is 19.6 Å². The second-order valence-corrected chi connectivity index (χ2v) is 15.8. The minimum atomic E-state index is -0.849. The Morgan fingerprint density at radius 1 is 0.733 bits per heavy atom. The lowest BCUT2D eigenvalue weighted by Crippen LogP contribution is -2.42. The van der Waals surface area contributed by atoms with Gasteiger partial charge in [-0.2, -0.15) is 4.89 Å². The van der Waals surface area contributed by atoms with Gasteiger partial charge in [0.15, 0.2) is 6.04 Å². The van der Waals surface area contributed by atoms with Crippen molar-refractivity contribution in [2.24, 2.45) is 4.99 Å². The molecule has 0 unspecified atom stereocenters. The number of alkyl carbamates (subject to hydrolysis) is 1. The Bertz CT molecular complexity index is 2230. The van der Waals surface area contributed by atoms with Gasteiger partial charge in [0.05, 0.1) is 38.2 Å². The Balaban J connectivity index is 0.877. The molecular formula is C46H52N8O6. The monoisotopic (exact) mass is 812 g/mol. The number of carbonyl (C=O) groups is 3. The van der Waals surface area contributed by atoms with Crippen molar-refractivity contribution in [1.29, 1.82) is 0 Å². The van der Waals surface area contributed by atoms with Gasteiger partial charge >= 0.3 is 6.09 Å². The van der Waals surface area contributed by atoms with Crippen molar-refractivity contribution in [1.82, 2.24) is 35.1 Å². The fraction of sp³-hybridized carbons (Fsp3) is 0.391. The fourth-order valence-corrected chi connectivity index (χ4v) is 9.17. The van der Waals surface area contributed by atoms with Crippen LogP contribution in [0.5, 0.6) is 0 Å². The van der Waals surface area contributed by atoms with Gasteiger partial charge in [-0.3, -0.25) is 9.59 Å². The zero-order valence-corrected chi connectivity index (χ0v) is 34.0. The lowest BCUT2D eigenvalue weighted by molar-refractivity contribution is -0.188. The van der Waals surface area contributed by atoms with Gasteiger partial charge in [0.1, 0.15) is 17.7 Å². The highest BCUT2D eigenvalue weighted by atomic mass is 17.2. The molecule has 3 aliphatic rings. The highest BCUT2D eigenvalue weighted by molar-refractivity contribution is 5.87. The first-order valence-corrected chi connectivity index (χ1v) is 20.9. The van der Waals surface area contributed by atoms with E-state index < -0.39 is 18.2 Å². The van der Waals surface area contributed by atoms with Gasteiger partial charge in [0, 0.05) is 30.9 Å². The van der Waals surface area contributed by atoms with Crippen LogP contribution in [0.1, 0.15) is 121 Å². The molecule has 60 heavy (non-hydrogen) atoms. The Kier molecular flexibility index (Phi) is 12.7. The summed E-state index contributed by atoms with van der Waals surface area (Å²) in [6.07, 6.45) is 11.9. The number of nitrogens with zero attached hydrogens (tertiary/aromatic N) is 5. The van der Waals surface area contributed by atoms with Gasteiger partial charge in [0.25, 0.3) is 11.8 Å². The molecular weight excluding hydrogens is 761 g/mol. The first kappa shape index (κ1) is 40.5. The molecule has 3 aromatic carbocycles. The maximum atomic E-state index is 13.9. The summed E-state index contributed by atoms with van der Waals surface area (Å²) in [4.78, 5) is 74.4. The van der Waals surface area contributed by atoms with Crippen molar-refractivity contribution in [3.63, 3.8) is 0 Å². The molecule has 4 atom stereocenters. The van der Waals surface area contributed by atoms with Crippen molar-refractivity contribution in [3.05, 3.63) is 131 Å². The molecule has 0 radical (unpaired) electrons. The third kappa shape index (κ3) is 8.83. The molecule has 2 saturated heterocycles. The van der Waals surface area contributed by atoms with E-state index in [-0.39, 0.29) is 23.9 Å². The van der Waals surface area contributed by atoms with E-state index in [1.54, 1.807) is 0 Å². The number of amides is 3. The van der Waals surface area contributed by atoms with E-state index >= 15 is 0 Å². The average Bonchev–Trinajstić information content (AvgIpc) is 4.15. The van der Waals surface area contributed by atoms with Crippen LogP contribution in [-0.2, 0) is 24.1 Å². The van der Waals surface area contributed by atoms with E-state index in [9.17, 15) is 14.4 Å². The third-order valence-electron chi connectivity index (χ3n) is 12.3. The van der Waals surface area contributed by atoms with Gasteiger partial charge in [-0.1, -0.05) is 84.9 Å². The Morgan fingerprint density at radius 2 is 1.33 bits per heavy atom. The highest BCUT2D eigenvalue weighted by Crippen LogP contribution is 2.42. The van der Waals surface area contributed by atoms with E-state index in [1.807, 2.05) is 82.9 Å². The van der Waals surface area contributed by atoms with Crippen LogP contribution in [0.4, 0.5) is 4.79 Å². The first-order chi connectivity index (χ1) is 29.4. The number of benzene rings is 3. The SMILES string of the molecule is COO/C=N\[C@@H](C(=O)N1CCC[C@H]1c1ncc(-c2ccc(C3CCC(c4cnc([C@@H]5CCCN5C(=O)[C@H](NC(=O)OC)c5ccccc5)[nH]4)CC3)cc2)[nH]1)c1ccccc1. The number of likely N-dealkylation sites (tertiary alicyclic amines) is 2. The molecule has 3 N–H and O–H groups in total. The predicted molar refractivity (Wildman–Crippen MR) is 224 cm³/mol. The lowest BCUT2D eigenvalue weighted by atomic mass is 9.77. The largest absolute Gasteiger partial charge is 0.453 e. The van der Waals surface area contributed by atoms with Crippen molar-refractivity contribution in [2.75, 3.05) is 27.3 Å². The molecule has 5 aromatic rings. The number of methoxy groups -OCH3 is 1. The quantitative estimate of drug-likeness (QED) is 0.0465. The molecule has 312 valence electrons. The molecule has 8 rings (SSSR count). The molecule has 2 aliphatic heterocycles. The van der Waals surface area contributed by atoms with Crippen LogP contribution < -0.4 is 5.32 Å². The summed E-state index contributed by atoms with van der Waals surface area (Å²) in [6, 6.07) is 25.5. The number of aliphatic imine (C=N–C) groups is 1. The molecule has 0 spiro atoms. The summed E-state index contributed by atoms with van der Waals surface area (Å²) in [5.41, 5.74) is 5.89. The smallest absolute Gasteiger partial charge is 0.407 e. The number of carbonyl (C=O) groups excluding carboxylic acids is 3. The van der Waals surface area contributed by atoms with Crippen LogP contribution in [0.3, 0.4) is 0 Å². The number of aromatic amines is 2. The van der Waals surface area contributed by atoms with Crippen LogP contribution in [0.15, 0.2) is 102 Å². The fourth-order valence-electron chi connectivity index (χ4n) is 9.17. The lowest BCUT2D eigenvalue weighted by Gasteiger charge is -2.29. The van der Waals surface area contributed by atoms with Gasteiger partial charge in [0.2, 0.25) is 6.40 Å². The van der Waals surface area contributed by atoms with Crippen LogP contribution in [0.2, 0.25) is 0 Å². The van der Waals surface area contributed by atoms with Crippen molar-refractivity contribution in [2.45, 2.75) is 87.4 Å². The van der Waals surface area contributed by atoms with Crippen molar-refractivity contribution >= 4 is 24.3 Å². The van der Waals surface area contributed by atoms with Gasteiger partial charge < -0.3 is 34.7 Å². The molecule has 1 saturated carbocycles. The number of hydrogen-bond donors (Lipinski definition) is 3. The Morgan fingerprint density at radius 3 is 1.98 bits per heavy atom. The minimum absolute atomic E-state index is 0.111. The maximum absolute atomic E-state index is 13.9. The second-order valence-electron chi connectivity index (χ2n) is 15.8. The van der Waals surface area contributed by atoms with Crippen LogP contribution in [0, 0.1) is 0 Å². The van der Waals surface area contributed by atoms with Crippen LogP contribution >= 0.6 is 0 Å². The van der Waals surface area contributed by atoms with E-state index in [2.05, 4.69) is 49.4 Å². The number of hydrogen-bond acceptors (Lipinski definition) is 9. The number of nitrogens with one attached hydrogen (secondary N) is 3. The molecule has 4 heterocycles. The topological polar surface area (TPSA) is 167 Å². The first-order valence-electron chi connectivity index (χ1n) is 20.9.